The summed E-state index contributed by atoms with van der Waals surface area (Å²) in [5.41, 5.74) is 2.22. The van der Waals surface area contributed by atoms with Crippen molar-refractivity contribution in [1.82, 2.24) is 20.4 Å². The van der Waals surface area contributed by atoms with E-state index in [0.29, 0.717) is 37.9 Å². The molecule has 12 heteroatoms. The van der Waals surface area contributed by atoms with E-state index in [1.807, 2.05) is 0 Å². The number of halogens is 2. The Hall–Kier alpha value is -2.66. The lowest BCUT2D eigenvalue weighted by Gasteiger charge is -2.20. The van der Waals surface area contributed by atoms with Gasteiger partial charge in [-0.2, -0.15) is 0 Å². The first-order chi connectivity index (χ1) is 15.3. The van der Waals surface area contributed by atoms with E-state index in [4.69, 9.17) is 27.7 Å². The Morgan fingerprint density at radius 1 is 1.25 bits per heavy atom. The van der Waals surface area contributed by atoms with Crippen LogP contribution in [0.3, 0.4) is 0 Å². The summed E-state index contributed by atoms with van der Waals surface area (Å²) in [6.07, 6.45) is 0. The van der Waals surface area contributed by atoms with Crippen LogP contribution >= 0.6 is 34.5 Å². The van der Waals surface area contributed by atoms with Crippen LogP contribution in [0.25, 0.3) is 0 Å². The van der Waals surface area contributed by atoms with Crippen LogP contribution < -0.4 is 10.6 Å². The van der Waals surface area contributed by atoms with Gasteiger partial charge in [0.2, 0.25) is 0 Å². The molecule has 1 aromatic carbocycles. The Kier molecular flexibility index (Phi) is 8.08. The van der Waals surface area contributed by atoms with Gasteiger partial charge in [0.25, 0.3) is 5.91 Å². The van der Waals surface area contributed by atoms with E-state index in [2.05, 4.69) is 20.8 Å². The minimum atomic E-state index is -0.434. The maximum atomic E-state index is 12.9. The summed E-state index contributed by atoms with van der Waals surface area (Å²) >= 11 is 13.1. The largest absolute Gasteiger partial charge is 0.395 e. The number of hydrogen-bond donors (Lipinski definition) is 3. The molecule has 2 heterocycles. The van der Waals surface area contributed by atoms with Crippen molar-refractivity contribution in [1.29, 1.82) is 0 Å². The van der Waals surface area contributed by atoms with Crippen LogP contribution in [0.2, 0.25) is 10.0 Å². The number of aliphatic hydroxyl groups is 1. The molecule has 3 N–H and O–H groups in total. The van der Waals surface area contributed by atoms with Crippen molar-refractivity contribution >= 4 is 51.6 Å². The lowest BCUT2D eigenvalue weighted by Crippen LogP contribution is -2.33. The Bertz CT molecular complexity index is 1100. The molecular weight excluding hydrogens is 477 g/mol. The number of anilines is 1. The van der Waals surface area contributed by atoms with Gasteiger partial charge in [0.05, 0.1) is 34.6 Å². The zero-order valence-corrected chi connectivity index (χ0v) is 19.6. The Morgan fingerprint density at radius 3 is 2.69 bits per heavy atom. The second-order valence-electron chi connectivity index (χ2n) is 6.85. The van der Waals surface area contributed by atoms with Crippen LogP contribution in [0.5, 0.6) is 0 Å². The van der Waals surface area contributed by atoms with Gasteiger partial charge in [-0.05, 0) is 31.5 Å². The Labute approximate surface area is 198 Å². The third-order valence-corrected chi connectivity index (χ3v) is 6.01. The standard InChI is InChI=1S/C20H21Cl2N5O4S/c1-11-17(12(2)31-26-11)18(29)27(5-6-28)9-14-10-32-20(24-14)25-19(30)23-8-13-3-4-15(21)16(22)7-13/h3-4,7,10,28H,5-6,8-9H2,1-2H3,(H2,23,24,25,30). The number of rotatable bonds is 8. The molecule has 3 rings (SSSR count). The minimum absolute atomic E-state index is 0.118. The SMILES string of the molecule is Cc1noc(C)c1C(=O)N(CCO)Cc1csc(NC(=O)NCc2ccc(Cl)c(Cl)c2)n1. The Balaban J connectivity index is 1.59. The number of thiazole rings is 1. The fourth-order valence-electron chi connectivity index (χ4n) is 2.93. The lowest BCUT2D eigenvalue weighted by atomic mass is 10.1. The summed E-state index contributed by atoms with van der Waals surface area (Å²) in [6, 6.07) is 4.67. The number of aryl methyl sites for hydroxylation is 2. The highest BCUT2D eigenvalue weighted by Gasteiger charge is 2.24. The normalized spacial score (nSPS) is 10.8. The molecule has 0 saturated carbocycles. The number of urea groups is 1. The van der Waals surface area contributed by atoms with E-state index >= 15 is 0 Å². The van der Waals surface area contributed by atoms with Gasteiger partial charge >= 0.3 is 6.03 Å². The van der Waals surface area contributed by atoms with E-state index in [1.54, 1.807) is 37.4 Å². The van der Waals surface area contributed by atoms with Gasteiger partial charge in [-0.25, -0.2) is 9.78 Å². The number of benzene rings is 1. The zero-order valence-electron chi connectivity index (χ0n) is 17.3. The molecule has 170 valence electrons. The smallest absolute Gasteiger partial charge is 0.321 e. The number of aliphatic hydroxyl groups excluding tert-OH is 1. The second-order valence-corrected chi connectivity index (χ2v) is 8.52. The molecule has 32 heavy (non-hydrogen) atoms. The summed E-state index contributed by atoms with van der Waals surface area (Å²) in [5.74, 6) is 0.104. The zero-order chi connectivity index (χ0) is 23.3. The molecular formula is C20H21Cl2N5O4S. The first kappa shape index (κ1) is 24.0. The van der Waals surface area contributed by atoms with E-state index in [1.165, 1.54) is 16.2 Å². The third kappa shape index (κ3) is 5.98. The quantitative estimate of drug-likeness (QED) is 0.432. The highest BCUT2D eigenvalue weighted by Crippen LogP contribution is 2.23. The highest BCUT2D eigenvalue weighted by atomic mass is 35.5. The van der Waals surface area contributed by atoms with Crippen molar-refractivity contribution in [3.05, 3.63) is 61.9 Å². The molecule has 0 spiro atoms. The van der Waals surface area contributed by atoms with Crippen LogP contribution in [0.15, 0.2) is 28.1 Å². The summed E-state index contributed by atoms with van der Waals surface area (Å²) < 4.78 is 5.07. The van der Waals surface area contributed by atoms with Crippen molar-refractivity contribution in [3.63, 3.8) is 0 Å². The predicted octanol–water partition coefficient (Wildman–Crippen LogP) is 4.01. The van der Waals surface area contributed by atoms with Gasteiger partial charge in [0.1, 0.15) is 11.3 Å². The monoisotopic (exact) mass is 497 g/mol. The molecule has 0 bridgehead atoms. The van der Waals surface area contributed by atoms with Crippen molar-refractivity contribution in [3.8, 4) is 0 Å². The number of aromatic nitrogens is 2. The molecule has 3 amide bonds. The number of nitrogens with one attached hydrogen (secondary N) is 2. The molecule has 0 saturated heterocycles. The average Bonchev–Trinajstić information content (AvgIpc) is 3.33. The van der Waals surface area contributed by atoms with Crippen molar-refractivity contribution in [2.24, 2.45) is 0 Å². The van der Waals surface area contributed by atoms with Crippen LogP contribution in [0.1, 0.15) is 33.1 Å². The number of carbonyl (C=O) groups excluding carboxylic acids is 2. The van der Waals surface area contributed by atoms with E-state index < -0.39 is 6.03 Å². The molecule has 0 aliphatic heterocycles. The van der Waals surface area contributed by atoms with Crippen LogP contribution in [0, 0.1) is 13.8 Å². The first-order valence-electron chi connectivity index (χ1n) is 9.54. The van der Waals surface area contributed by atoms with Crippen LogP contribution in [-0.4, -0.2) is 45.2 Å². The molecule has 0 aliphatic carbocycles. The topological polar surface area (TPSA) is 121 Å². The second kappa shape index (κ2) is 10.8. The lowest BCUT2D eigenvalue weighted by molar-refractivity contribution is 0.0703. The van der Waals surface area contributed by atoms with Gasteiger partial charge < -0.3 is 19.8 Å². The summed E-state index contributed by atoms with van der Waals surface area (Å²) in [6.45, 7) is 3.67. The van der Waals surface area contributed by atoms with Crippen LogP contribution in [-0.2, 0) is 13.1 Å². The van der Waals surface area contributed by atoms with Gasteiger partial charge in [0, 0.05) is 18.5 Å². The molecule has 0 fully saturated rings. The predicted molar refractivity (Wildman–Crippen MR) is 122 cm³/mol. The number of nitrogens with zero attached hydrogens (tertiary/aromatic N) is 3. The van der Waals surface area contributed by atoms with Crippen molar-refractivity contribution in [2.45, 2.75) is 26.9 Å². The fraction of sp³-hybridized carbons (Fsp3) is 0.300. The average molecular weight is 498 g/mol. The minimum Gasteiger partial charge on any atom is -0.395 e. The summed E-state index contributed by atoms with van der Waals surface area (Å²) in [5, 5.41) is 21.5. The fourth-order valence-corrected chi connectivity index (χ4v) is 3.94. The molecule has 0 atom stereocenters. The summed E-state index contributed by atoms with van der Waals surface area (Å²) in [7, 11) is 0. The van der Waals surface area contributed by atoms with Crippen molar-refractivity contribution in [2.75, 3.05) is 18.5 Å². The number of hydrogen-bond acceptors (Lipinski definition) is 7. The van der Waals surface area contributed by atoms with Gasteiger partial charge in [-0.3, -0.25) is 10.1 Å². The maximum absolute atomic E-state index is 12.9. The van der Waals surface area contributed by atoms with E-state index in [-0.39, 0.29) is 32.1 Å². The third-order valence-electron chi connectivity index (χ3n) is 4.47. The van der Waals surface area contributed by atoms with Gasteiger partial charge in [-0.15, -0.1) is 11.3 Å². The van der Waals surface area contributed by atoms with E-state index in [0.717, 1.165) is 5.56 Å². The first-order valence-corrected chi connectivity index (χ1v) is 11.2. The molecule has 3 aromatic rings. The number of amides is 3. The molecule has 0 radical (unpaired) electrons. The van der Waals surface area contributed by atoms with Gasteiger partial charge in [0.15, 0.2) is 5.13 Å². The maximum Gasteiger partial charge on any atom is 0.321 e. The highest BCUT2D eigenvalue weighted by molar-refractivity contribution is 7.13. The van der Waals surface area contributed by atoms with Crippen molar-refractivity contribution < 1.29 is 19.2 Å². The van der Waals surface area contributed by atoms with Crippen LogP contribution in [0.4, 0.5) is 9.93 Å². The molecule has 0 unspecified atom stereocenters. The number of carbonyl (C=O) groups is 2. The Morgan fingerprint density at radius 2 is 2.03 bits per heavy atom. The van der Waals surface area contributed by atoms with Gasteiger partial charge in [-0.1, -0.05) is 34.4 Å². The molecule has 9 nitrogen and oxygen atoms in total. The molecule has 2 aromatic heterocycles. The van der Waals surface area contributed by atoms with E-state index in [9.17, 15) is 14.7 Å². The molecule has 0 aliphatic rings. The summed E-state index contributed by atoms with van der Waals surface area (Å²) in [4.78, 5) is 30.9.